The maximum atomic E-state index is 14.3. The fourth-order valence-corrected chi connectivity index (χ4v) is 2.06. The molecule has 0 aliphatic rings. The fourth-order valence-electron chi connectivity index (χ4n) is 2.06. The van der Waals surface area contributed by atoms with E-state index >= 15 is 0 Å². The molecule has 2 atom stereocenters. The van der Waals surface area contributed by atoms with Crippen molar-refractivity contribution < 1.29 is 9.13 Å². The van der Waals surface area contributed by atoms with Crippen LogP contribution in [-0.4, -0.2) is 14.2 Å². The van der Waals surface area contributed by atoms with E-state index in [-0.39, 0.29) is 17.3 Å². The molecular formula is C16H26FNO. The van der Waals surface area contributed by atoms with Crippen LogP contribution in [0.25, 0.3) is 0 Å². The van der Waals surface area contributed by atoms with E-state index in [9.17, 15) is 4.39 Å². The quantitative estimate of drug-likeness (QED) is 0.864. The first-order valence-electron chi connectivity index (χ1n) is 6.81. The average Bonchev–Trinajstić information content (AvgIpc) is 2.35. The van der Waals surface area contributed by atoms with E-state index in [2.05, 4.69) is 33.0 Å². The molecule has 3 heteroatoms. The lowest BCUT2D eigenvalue weighted by Crippen LogP contribution is -2.26. The second kappa shape index (κ2) is 6.38. The molecule has 1 aromatic carbocycles. The van der Waals surface area contributed by atoms with E-state index in [1.807, 2.05) is 19.2 Å². The molecule has 108 valence electrons. The van der Waals surface area contributed by atoms with Crippen LogP contribution < -0.4 is 10.1 Å². The van der Waals surface area contributed by atoms with Crippen molar-refractivity contribution in [1.29, 1.82) is 0 Å². The first kappa shape index (κ1) is 16.0. The molecular weight excluding hydrogens is 241 g/mol. The minimum Gasteiger partial charge on any atom is -0.494 e. The van der Waals surface area contributed by atoms with Gasteiger partial charge in [0.2, 0.25) is 0 Å². The normalized spacial score (nSPS) is 15.1. The third-order valence-electron chi connectivity index (χ3n) is 4.00. The third kappa shape index (κ3) is 3.93. The molecule has 19 heavy (non-hydrogen) atoms. The Kier molecular flexibility index (Phi) is 5.36. The summed E-state index contributed by atoms with van der Waals surface area (Å²) in [5.41, 5.74) is 0.891. The molecule has 0 heterocycles. The molecule has 0 aromatic heterocycles. The second-order valence-electron chi connectivity index (χ2n) is 6.21. The van der Waals surface area contributed by atoms with Crippen molar-refractivity contribution in [3.8, 4) is 5.75 Å². The first-order chi connectivity index (χ1) is 8.81. The first-order valence-corrected chi connectivity index (χ1v) is 6.81. The Morgan fingerprint density at radius 2 is 1.95 bits per heavy atom. The topological polar surface area (TPSA) is 21.3 Å². The Morgan fingerprint density at radius 1 is 1.32 bits per heavy atom. The predicted octanol–water partition coefficient (Wildman–Crippen LogP) is 4.17. The molecule has 1 rings (SSSR count). The zero-order valence-electron chi connectivity index (χ0n) is 12.9. The summed E-state index contributed by atoms with van der Waals surface area (Å²) in [6, 6.07) is 5.32. The van der Waals surface area contributed by atoms with Crippen LogP contribution in [0.15, 0.2) is 18.2 Å². The third-order valence-corrected chi connectivity index (χ3v) is 4.00. The Labute approximate surface area is 116 Å². The zero-order valence-corrected chi connectivity index (χ0v) is 12.9. The number of halogens is 1. The minimum absolute atomic E-state index is 0.00400. The van der Waals surface area contributed by atoms with Crippen LogP contribution in [0, 0.1) is 17.2 Å². The van der Waals surface area contributed by atoms with Crippen LogP contribution in [0.5, 0.6) is 5.75 Å². The van der Waals surface area contributed by atoms with Gasteiger partial charge in [0, 0.05) is 11.6 Å². The van der Waals surface area contributed by atoms with Gasteiger partial charge in [0.05, 0.1) is 7.11 Å². The van der Waals surface area contributed by atoms with Gasteiger partial charge in [-0.1, -0.05) is 39.8 Å². The Morgan fingerprint density at radius 3 is 2.42 bits per heavy atom. The maximum Gasteiger partial charge on any atom is 0.169 e. The van der Waals surface area contributed by atoms with Crippen LogP contribution in [0.4, 0.5) is 4.39 Å². The summed E-state index contributed by atoms with van der Waals surface area (Å²) in [7, 11) is 3.37. The summed E-state index contributed by atoms with van der Waals surface area (Å²) >= 11 is 0. The van der Waals surface area contributed by atoms with Gasteiger partial charge in [-0.3, -0.25) is 0 Å². The zero-order chi connectivity index (χ0) is 14.6. The van der Waals surface area contributed by atoms with Gasteiger partial charge in [0.25, 0.3) is 0 Å². The largest absolute Gasteiger partial charge is 0.494 e. The number of nitrogens with one attached hydrogen (secondary N) is 1. The molecule has 0 fully saturated rings. The summed E-state index contributed by atoms with van der Waals surface area (Å²) in [6.45, 7) is 8.85. The van der Waals surface area contributed by atoms with Gasteiger partial charge in [0.1, 0.15) is 0 Å². The lowest BCUT2D eigenvalue weighted by atomic mass is 9.77. The smallest absolute Gasteiger partial charge is 0.169 e. The van der Waals surface area contributed by atoms with Gasteiger partial charge in [-0.25, -0.2) is 4.39 Å². The fraction of sp³-hybridized carbons (Fsp3) is 0.625. The van der Waals surface area contributed by atoms with Crippen LogP contribution in [0.3, 0.4) is 0 Å². The van der Waals surface area contributed by atoms with Crippen molar-refractivity contribution in [2.24, 2.45) is 11.3 Å². The average molecular weight is 267 g/mol. The van der Waals surface area contributed by atoms with Gasteiger partial charge in [-0.2, -0.15) is 0 Å². The summed E-state index contributed by atoms with van der Waals surface area (Å²) < 4.78 is 19.3. The monoisotopic (exact) mass is 267 g/mol. The minimum atomic E-state index is -0.259. The summed E-state index contributed by atoms with van der Waals surface area (Å²) in [4.78, 5) is 0. The lowest BCUT2D eigenvalue weighted by Gasteiger charge is -2.31. The standard InChI is InChI=1S/C16H26FNO/c1-11(16(2,3)4)10-13(18-5)12-8-7-9-14(19-6)15(12)17/h7-9,11,13,18H,10H2,1-6H3. The van der Waals surface area contributed by atoms with Gasteiger partial charge >= 0.3 is 0 Å². The van der Waals surface area contributed by atoms with Gasteiger partial charge < -0.3 is 10.1 Å². The van der Waals surface area contributed by atoms with Crippen LogP contribution in [0.2, 0.25) is 0 Å². The molecule has 0 amide bonds. The SMILES string of the molecule is CNC(CC(C)C(C)(C)C)c1cccc(OC)c1F. The number of ether oxygens (including phenoxy) is 1. The number of hydrogen-bond acceptors (Lipinski definition) is 2. The highest BCUT2D eigenvalue weighted by Crippen LogP contribution is 2.35. The number of hydrogen-bond donors (Lipinski definition) is 1. The summed E-state index contributed by atoms with van der Waals surface area (Å²) in [6.07, 6.45) is 0.893. The van der Waals surface area contributed by atoms with E-state index in [1.54, 1.807) is 6.07 Å². The highest BCUT2D eigenvalue weighted by molar-refractivity contribution is 5.33. The Bertz CT molecular complexity index is 412. The molecule has 0 saturated carbocycles. The maximum absolute atomic E-state index is 14.3. The molecule has 0 aliphatic heterocycles. The number of rotatable bonds is 5. The van der Waals surface area contributed by atoms with E-state index in [0.717, 1.165) is 6.42 Å². The van der Waals surface area contributed by atoms with Crippen molar-refractivity contribution in [3.63, 3.8) is 0 Å². The van der Waals surface area contributed by atoms with Crippen molar-refractivity contribution in [2.45, 2.75) is 40.2 Å². The van der Waals surface area contributed by atoms with Crippen molar-refractivity contribution in [3.05, 3.63) is 29.6 Å². The second-order valence-corrected chi connectivity index (χ2v) is 6.21. The highest BCUT2D eigenvalue weighted by Gasteiger charge is 2.25. The molecule has 1 N–H and O–H groups in total. The molecule has 2 unspecified atom stereocenters. The summed E-state index contributed by atoms with van der Waals surface area (Å²) in [5.74, 6) is 0.530. The number of benzene rings is 1. The van der Waals surface area contributed by atoms with Crippen molar-refractivity contribution >= 4 is 0 Å². The molecule has 0 radical (unpaired) electrons. The lowest BCUT2D eigenvalue weighted by molar-refractivity contribution is 0.224. The van der Waals surface area contributed by atoms with E-state index < -0.39 is 0 Å². The van der Waals surface area contributed by atoms with E-state index in [0.29, 0.717) is 17.2 Å². The predicted molar refractivity (Wildman–Crippen MR) is 78.0 cm³/mol. The van der Waals surface area contributed by atoms with Crippen LogP contribution in [-0.2, 0) is 0 Å². The Balaban J connectivity index is 2.98. The van der Waals surface area contributed by atoms with E-state index in [4.69, 9.17) is 4.74 Å². The van der Waals surface area contributed by atoms with Gasteiger partial charge in [-0.05, 0) is 30.9 Å². The van der Waals surface area contributed by atoms with Gasteiger partial charge in [0.15, 0.2) is 11.6 Å². The molecule has 2 nitrogen and oxygen atoms in total. The summed E-state index contributed by atoms with van der Waals surface area (Å²) in [5, 5.41) is 3.22. The highest BCUT2D eigenvalue weighted by atomic mass is 19.1. The van der Waals surface area contributed by atoms with Crippen molar-refractivity contribution in [2.75, 3.05) is 14.2 Å². The van der Waals surface area contributed by atoms with Gasteiger partial charge in [-0.15, -0.1) is 0 Å². The Hall–Kier alpha value is -1.09. The molecule has 0 aliphatic carbocycles. The van der Waals surface area contributed by atoms with Crippen LogP contribution >= 0.6 is 0 Å². The van der Waals surface area contributed by atoms with Crippen LogP contribution in [0.1, 0.15) is 45.7 Å². The molecule has 0 saturated heterocycles. The van der Waals surface area contributed by atoms with Crippen molar-refractivity contribution in [1.82, 2.24) is 5.32 Å². The number of methoxy groups -OCH3 is 1. The molecule has 0 spiro atoms. The molecule has 1 aromatic rings. The van der Waals surface area contributed by atoms with E-state index in [1.165, 1.54) is 7.11 Å². The molecule has 0 bridgehead atoms.